The molecule has 0 radical (unpaired) electrons. The van der Waals surface area contributed by atoms with E-state index in [4.69, 9.17) is 10.8 Å². The second-order valence-electron chi connectivity index (χ2n) is 5.30. The lowest BCUT2D eigenvalue weighted by atomic mass is 10.0. The summed E-state index contributed by atoms with van der Waals surface area (Å²) in [7, 11) is 0. The molecule has 128 valence electrons. The van der Waals surface area contributed by atoms with Crippen molar-refractivity contribution in [3.8, 4) is 0 Å². The summed E-state index contributed by atoms with van der Waals surface area (Å²) in [6, 6.07) is 0. The standard InChI is InChI=1S/C15H29NO.C3H4O2/c1-3-5-7-9-11-13-14(15(16)17)12-10-8-6-4-2;1-2-3(4)5/h13H,3-12H2,1-2H3,(H2,16,17);2H,1H2,(H,4,5). The Balaban J connectivity index is 0. The molecule has 0 aliphatic carbocycles. The average Bonchev–Trinajstić information content (AvgIpc) is 2.49. The summed E-state index contributed by atoms with van der Waals surface area (Å²) in [5, 5.41) is 7.60. The van der Waals surface area contributed by atoms with Gasteiger partial charge in [0.2, 0.25) is 5.91 Å². The van der Waals surface area contributed by atoms with Gasteiger partial charge in [-0.1, -0.05) is 65.0 Å². The number of allylic oxidation sites excluding steroid dienone is 1. The Hall–Kier alpha value is -1.58. The number of carboxylic acids is 1. The molecule has 0 heterocycles. The zero-order valence-electron chi connectivity index (χ0n) is 14.3. The smallest absolute Gasteiger partial charge is 0.327 e. The van der Waals surface area contributed by atoms with Crippen molar-refractivity contribution < 1.29 is 14.7 Å². The Kier molecular flexibility index (Phi) is 18.0. The number of primary amides is 1. The summed E-state index contributed by atoms with van der Waals surface area (Å²) in [4.78, 5) is 20.5. The van der Waals surface area contributed by atoms with Gasteiger partial charge >= 0.3 is 5.97 Å². The topological polar surface area (TPSA) is 80.4 Å². The van der Waals surface area contributed by atoms with E-state index < -0.39 is 5.97 Å². The number of aliphatic carboxylic acids is 1. The highest BCUT2D eigenvalue weighted by atomic mass is 16.4. The minimum Gasteiger partial charge on any atom is -0.478 e. The zero-order chi connectivity index (χ0) is 17.2. The number of rotatable bonds is 12. The molecule has 0 aromatic heterocycles. The van der Waals surface area contributed by atoms with E-state index in [2.05, 4.69) is 26.5 Å². The van der Waals surface area contributed by atoms with Crippen molar-refractivity contribution in [1.82, 2.24) is 0 Å². The molecule has 4 nitrogen and oxygen atoms in total. The van der Waals surface area contributed by atoms with Gasteiger partial charge in [0, 0.05) is 11.6 Å². The first-order chi connectivity index (χ1) is 10.5. The van der Waals surface area contributed by atoms with Crippen LogP contribution >= 0.6 is 0 Å². The molecule has 22 heavy (non-hydrogen) atoms. The Labute approximate surface area is 135 Å². The third kappa shape index (κ3) is 18.4. The van der Waals surface area contributed by atoms with Gasteiger partial charge in [0.15, 0.2) is 0 Å². The van der Waals surface area contributed by atoms with Gasteiger partial charge in [0.1, 0.15) is 0 Å². The predicted molar refractivity (Wildman–Crippen MR) is 92.6 cm³/mol. The van der Waals surface area contributed by atoms with Crippen molar-refractivity contribution in [2.24, 2.45) is 5.73 Å². The molecule has 4 heteroatoms. The molecule has 0 atom stereocenters. The number of hydrogen-bond donors (Lipinski definition) is 2. The van der Waals surface area contributed by atoms with E-state index in [1.807, 2.05) is 0 Å². The van der Waals surface area contributed by atoms with E-state index in [1.165, 1.54) is 44.9 Å². The van der Waals surface area contributed by atoms with Gasteiger partial charge in [0.05, 0.1) is 0 Å². The van der Waals surface area contributed by atoms with Crippen LogP contribution in [0.15, 0.2) is 24.3 Å². The lowest BCUT2D eigenvalue weighted by Crippen LogP contribution is -2.14. The second-order valence-corrected chi connectivity index (χ2v) is 5.30. The maximum atomic E-state index is 11.2. The molecule has 0 fully saturated rings. The van der Waals surface area contributed by atoms with Crippen molar-refractivity contribution in [1.29, 1.82) is 0 Å². The zero-order valence-corrected chi connectivity index (χ0v) is 14.3. The van der Waals surface area contributed by atoms with Crippen molar-refractivity contribution in [2.45, 2.75) is 78.1 Å². The van der Waals surface area contributed by atoms with Crippen LogP contribution in [-0.4, -0.2) is 17.0 Å². The summed E-state index contributed by atoms with van der Waals surface area (Å²) in [5.41, 5.74) is 6.23. The number of hydrogen-bond acceptors (Lipinski definition) is 2. The van der Waals surface area contributed by atoms with Crippen LogP contribution in [-0.2, 0) is 9.59 Å². The van der Waals surface area contributed by atoms with Crippen molar-refractivity contribution in [2.75, 3.05) is 0 Å². The van der Waals surface area contributed by atoms with Gasteiger partial charge in [-0.3, -0.25) is 4.79 Å². The van der Waals surface area contributed by atoms with E-state index >= 15 is 0 Å². The molecule has 0 saturated carbocycles. The molecule has 1 amide bonds. The van der Waals surface area contributed by atoms with E-state index in [0.29, 0.717) is 0 Å². The molecule has 0 bridgehead atoms. The van der Waals surface area contributed by atoms with Crippen LogP contribution in [0.2, 0.25) is 0 Å². The van der Waals surface area contributed by atoms with Crippen molar-refractivity contribution in [3.05, 3.63) is 24.3 Å². The SMILES string of the molecule is C=CC(=O)O.CCCCCCC=C(CCCCCC)C(N)=O. The third-order valence-electron chi connectivity index (χ3n) is 3.24. The number of carboxylic acid groups (broad SMARTS) is 1. The Morgan fingerprint density at radius 3 is 1.91 bits per heavy atom. The summed E-state index contributed by atoms with van der Waals surface area (Å²) >= 11 is 0. The molecule has 0 rings (SSSR count). The monoisotopic (exact) mass is 311 g/mol. The minimum absolute atomic E-state index is 0.225. The highest BCUT2D eigenvalue weighted by Crippen LogP contribution is 2.12. The summed E-state index contributed by atoms with van der Waals surface area (Å²) < 4.78 is 0. The van der Waals surface area contributed by atoms with Crippen LogP contribution in [0, 0.1) is 0 Å². The summed E-state index contributed by atoms with van der Waals surface area (Å²) in [5.74, 6) is -1.21. The number of unbranched alkanes of at least 4 members (excludes halogenated alkanes) is 7. The number of carbonyl (C=O) groups is 2. The second kappa shape index (κ2) is 17.5. The summed E-state index contributed by atoms with van der Waals surface area (Å²) in [6.45, 7) is 7.36. The van der Waals surface area contributed by atoms with Gasteiger partial charge in [-0.25, -0.2) is 4.79 Å². The molecule has 0 spiro atoms. The largest absolute Gasteiger partial charge is 0.478 e. The number of amides is 1. The molecule has 0 saturated heterocycles. The van der Waals surface area contributed by atoms with Crippen LogP contribution in [0.25, 0.3) is 0 Å². The minimum atomic E-state index is -0.981. The maximum absolute atomic E-state index is 11.2. The highest BCUT2D eigenvalue weighted by Gasteiger charge is 2.03. The Bertz CT molecular complexity index is 335. The quantitative estimate of drug-likeness (QED) is 0.408. The fraction of sp³-hybridized carbons (Fsp3) is 0.667. The van der Waals surface area contributed by atoms with Crippen LogP contribution < -0.4 is 5.73 Å². The first-order valence-corrected chi connectivity index (χ1v) is 8.33. The fourth-order valence-electron chi connectivity index (χ4n) is 1.92. The predicted octanol–water partition coefficient (Wildman–Crippen LogP) is 4.60. The third-order valence-corrected chi connectivity index (χ3v) is 3.24. The van der Waals surface area contributed by atoms with E-state index in [0.717, 1.165) is 30.9 Å². The molecular weight excluding hydrogens is 278 g/mol. The molecule has 0 aromatic rings. The van der Waals surface area contributed by atoms with Gasteiger partial charge in [0.25, 0.3) is 0 Å². The average molecular weight is 311 g/mol. The van der Waals surface area contributed by atoms with E-state index in [1.54, 1.807) is 0 Å². The van der Waals surface area contributed by atoms with E-state index in [-0.39, 0.29) is 5.91 Å². The van der Waals surface area contributed by atoms with Crippen LogP contribution in [0.4, 0.5) is 0 Å². The van der Waals surface area contributed by atoms with Gasteiger partial charge in [-0.05, 0) is 25.7 Å². The molecule has 0 aromatic carbocycles. The lowest BCUT2D eigenvalue weighted by Gasteiger charge is -2.03. The van der Waals surface area contributed by atoms with Gasteiger partial charge < -0.3 is 10.8 Å². The molecular formula is C18H33NO3. The first kappa shape index (κ1) is 22.7. The molecule has 0 unspecified atom stereocenters. The molecule has 0 aliphatic heterocycles. The molecule has 3 N–H and O–H groups in total. The first-order valence-electron chi connectivity index (χ1n) is 8.33. The van der Waals surface area contributed by atoms with Crippen molar-refractivity contribution in [3.63, 3.8) is 0 Å². The Morgan fingerprint density at radius 2 is 1.50 bits per heavy atom. The number of carbonyl (C=O) groups excluding carboxylic acids is 1. The molecule has 0 aliphatic rings. The summed E-state index contributed by atoms with van der Waals surface area (Å²) in [6.07, 6.45) is 14.5. The lowest BCUT2D eigenvalue weighted by molar-refractivity contribution is -0.131. The number of nitrogens with two attached hydrogens (primary N) is 1. The van der Waals surface area contributed by atoms with Gasteiger partial charge in [-0.15, -0.1) is 0 Å². The highest BCUT2D eigenvalue weighted by molar-refractivity contribution is 5.91. The van der Waals surface area contributed by atoms with E-state index in [9.17, 15) is 9.59 Å². The van der Waals surface area contributed by atoms with Crippen LogP contribution in [0.1, 0.15) is 78.1 Å². The van der Waals surface area contributed by atoms with Gasteiger partial charge in [-0.2, -0.15) is 0 Å². The van der Waals surface area contributed by atoms with Crippen molar-refractivity contribution >= 4 is 11.9 Å². The normalized spacial score (nSPS) is 10.5. The van der Waals surface area contributed by atoms with Crippen LogP contribution in [0.3, 0.4) is 0 Å². The maximum Gasteiger partial charge on any atom is 0.327 e. The Morgan fingerprint density at radius 1 is 1.00 bits per heavy atom. The van der Waals surface area contributed by atoms with Crippen LogP contribution in [0.5, 0.6) is 0 Å². The fourth-order valence-corrected chi connectivity index (χ4v) is 1.92.